The maximum absolute atomic E-state index is 11.7. The lowest BCUT2D eigenvalue weighted by Gasteiger charge is -2.36. The van der Waals surface area contributed by atoms with Gasteiger partial charge in [0.15, 0.2) is 0 Å². The van der Waals surface area contributed by atoms with Gasteiger partial charge in [0.1, 0.15) is 19.8 Å². The highest BCUT2D eigenvalue weighted by molar-refractivity contribution is 7.45. The van der Waals surface area contributed by atoms with Crippen molar-refractivity contribution >= 4 is 13.8 Å². The van der Waals surface area contributed by atoms with Gasteiger partial charge in [-0.15, -0.1) is 0 Å². The van der Waals surface area contributed by atoms with Crippen LogP contribution in [0.2, 0.25) is 0 Å². The Bertz CT molecular complexity index is 415. The van der Waals surface area contributed by atoms with Crippen molar-refractivity contribution in [1.29, 1.82) is 0 Å². The molecule has 7 nitrogen and oxygen atoms in total. The van der Waals surface area contributed by atoms with E-state index in [0.29, 0.717) is 13.0 Å². The van der Waals surface area contributed by atoms with Crippen molar-refractivity contribution in [3.8, 4) is 0 Å². The van der Waals surface area contributed by atoms with Gasteiger partial charge in [-0.3, -0.25) is 9.36 Å². The van der Waals surface area contributed by atoms with E-state index < -0.39 is 13.2 Å². The summed E-state index contributed by atoms with van der Waals surface area (Å²) in [6.45, 7) is 14.8. The minimum atomic E-state index is -4.37. The minimum Gasteiger partial charge on any atom is -0.756 e. The van der Waals surface area contributed by atoms with Crippen molar-refractivity contribution < 1.29 is 32.5 Å². The third-order valence-electron chi connectivity index (χ3n) is 4.83. The molecule has 0 radical (unpaired) electrons. The van der Waals surface area contributed by atoms with Gasteiger partial charge in [-0.05, 0) is 41.0 Å². The predicted octanol–water partition coefficient (Wildman–Crippen LogP) is 2.34. The van der Waals surface area contributed by atoms with E-state index in [-0.39, 0.29) is 25.8 Å². The summed E-state index contributed by atoms with van der Waals surface area (Å²) in [5, 5.41) is 0. The van der Waals surface area contributed by atoms with E-state index in [1.807, 2.05) is 6.92 Å². The first-order valence-corrected chi connectivity index (χ1v) is 10.2. The molecule has 0 aromatic carbocycles. The third-order valence-corrected chi connectivity index (χ3v) is 5.83. The fraction of sp³-hybridized carbons (Fsp3) is 0.938. The van der Waals surface area contributed by atoms with E-state index in [1.54, 1.807) is 13.8 Å². The summed E-state index contributed by atoms with van der Waals surface area (Å²) in [4.78, 5) is 23.5. The van der Waals surface area contributed by atoms with Crippen LogP contribution in [-0.4, -0.2) is 56.5 Å². The molecule has 0 spiro atoms. The van der Waals surface area contributed by atoms with Gasteiger partial charge in [-0.2, -0.15) is 0 Å². The van der Waals surface area contributed by atoms with Crippen LogP contribution >= 0.6 is 7.82 Å². The van der Waals surface area contributed by atoms with Gasteiger partial charge in [0.25, 0.3) is 7.82 Å². The first-order chi connectivity index (χ1) is 11.1. The standard InChI is InChI=1S/C16H34NO6P/c1-7-16(5,6)15(18)21-13-14-23-24(19,20)22-12-11-17(8-2,9-3)10-4/h7-14H2,1-6H3. The van der Waals surface area contributed by atoms with Crippen LogP contribution in [0.1, 0.15) is 48.0 Å². The molecular weight excluding hydrogens is 333 g/mol. The fourth-order valence-electron chi connectivity index (χ4n) is 2.15. The Kier molecular flexibility index (Phi) is 10.3. The Hall–Kier alpha value is -0.460. The monoisotopic (exact) mass is 367 g/mol. The average Bonchev–Trinajstić information content (AvgIpc) is 2.55. The predicted molar refractivity (Wildman–Crippen MR) is 91.3 cm³/mol. The molecule has 0 aliphatic carbocycles. The van der Waals surface area contributed by atoms with Crippen molar-refractivity contribution in [2.45, 2.75) is 48.0 Å². The van der Waals surface area contributed by atoms with Gasteiger partial charge in [0, 0.05) is 0 Å². The van der Waals surface area contributed by atoms with Gasteiger partial charge in [-0.1, -0.05) is 6.92 Å². The Balaban J connectivity index is 4.15. The second kappa shape index (κ2) is 10.5. The van der Waals surface area contributed by atoms with E-state index in [2.05, 4.69) is 20.8 Å². The highest BCUT2D eigenvalue weighted by Crippen LogP contribution is 2.38. The topological polar surface area (TPSA) is 84.9 Å². The summed E-state index contributed by atoms with van der Waals surface area (Å²) < 4.78 is 27.2. The highest BCUT2D eigenvalue weighted by Gasteiger charge is 2.27. The zero-order valence-corrected chi connectivity index (χ0v) is 16.9. The zero-order valence-electron chi connectivity index (χ0n) is 16.0. The second-order valence-corrected chi connectivity index (χ2v) is 7.91. The molecule has 8 heteroatoms. The molecular formula is C16H34NO6P. The number of rotatable bonds is 13. The van der Waals surface area contributed by atoms with Gasteiger partial charge in [0.05, 0.1) is 31.7 Å². The fourth-order valence-corrected chi connectivity index (χ4v) is 2.83. The number of likely N-dealkylation sites (N-methyl/N-ethyl adjacent to an activating group) is 1. The van der Waals surface area contributed by atoms with E-state index >= 15 is 0 Å². The molecule has 0 fully saturated rings. The highest BCUT2D eigenvalue weighted by atomic mass is 31.2. The van der Waals surface area contributed by atoms with E-state index in [0.717, 1.165) is 24.1 Å². The van der Waals surface area contributed by atoms with Crippen LogP contribution in [0, 0.1) is 5.41 Å². The number of esters is 1. The lowest BCUT2D eigenvalue weighted by atomic mass is 9.91. The lowest BCUT2D eigenvalue weighted by Crippen LogP contribution is -2.49. The van der Waals surface area contributed by atoms with Crippen LogP contribution in [0.3, 0.4) is 0 Å². The van der Waals surface area contributed by atoms with Crippen molar-refractivity contribution in [3.63, 3.8) is 0 Å². The van der Waals surface area contributed by atoms with Crippen LogP contribution < -0.4 is 4.89 Å². The zero-order chi connectivity index (χ0) is 18.9. The number of hydrogen-bond donors (Lipinski definition) is 0. The molecule has 0 aliphatic rings. The van der Waals surface area contributed by atoms with Gasteiger partial charge >= 0.3 is 5.97 Å². The Morgan fingerprint density at radius 3 is 1.96 bits per heavy atom. The molecule has 0 N–H and O–H groups in total. The summed E-state index contributed by atoms with van der Waals surface area (Å²) in [5.41, 5.74) is -0.584. The normalized spacial score (nSPS) is 15.1. The van der Waals surface area contributed by atoms with Gasteiger partial charge < -0.3 is 23.2 Å². The smallest absolute Gasteiger partial charge is 0.311 e. The average molecular weight is 367 g/mol. The number of hydrogen-bond acceptors (Lipinski definition) is 6. The van der Waals surface area contributed by atoms with Crippen molar-refractivity contribution in [2.75, 3.05) is 46.0 Å². The Labute approximate surface area is 146 Å². The number of carbonyl (C=O) groups is 1. The molecule has 0 heterocycles. The first kappa shape index (κ1) is 23.5. The van der Waals surface area contributed by atoms with Crippen LogP contribution in [-0.2, 0) is 23.1 Å². The van der Waals surface area contributed by atoms with Crippen molar-refractivity contribution in [2.24, 2.45) is 5.41 Å². The lowest BCUT2D eigenvalue weighted by molar-refractivity contribution is -0.923. The third kappa shape index (κ3) is 8.08. The number of phosphoric ester groups is 1. The molecule has 0 rings (SSSR count). The SMILES string of the molecule is CCC(C)(C)C(=O)OCCOP(=O)([O-])OCC[N+](CC)(CC)CC. The Morgan fingerprint density at radius 1 is 1.00 bits per heavy atom. The molecule has 1 atom stereocenters. The number of phosphoric acid groups is 1. The van der Waals surface area contributed by atoms with Crippen molar-refractivity contribution in [1.82, 2.24) is 0 Å². The molecule has 144 valence electrons. The van der Waals surface area contributed by atoms with E-state index in [4.69, 9.17) is 13.8 Å². The van der Waals surface area contributed by atoms with Crippen LogP contribution in [0.15, 0.2) is 0 Å². The molecule has 1 unspecified atom stereocenters. The largest absolute Gasteiger partial charge is 0.756 e. The number of ether oxygens (including phenoxy) is 1. The maximum atomic E-state index is 11.7. The summed E-state index contributed by atoms with van der Waals surface area (Å²) in [6, 6.07) is 0. The van der Waals surface area contributed by atoms with Gasteiger partial charge in [-0.25, -0.2) is 0 Å². The molecule has 0 saturated carbocycles. The molecule has 24 heavy (non-hydrogen) atoms. The molecule has 0 bridgehead atoms. The second-order valence-electron chi connectivity index (χ2n) is 6.50. The summed E-state index contributed by atoms with van der Waals surface area (Å²) in [6.07, 6.45) is 0.641. The molecule has 0 aromatic heterocycles. The summed E-state index contributed by atoms with van der Waals surface area (Å²) in [7, 11) is -4.37. The number of carbonyl (C=O) groups excluding carboxylic acids is 1. The van der Waals surface area contributed by atoms with Gasteiger partial charge in [0.2, 0.25) is 0 Å². The molecule has 0 aliphatic heterocycles. The van der Waals surface area contributed by atoms with E-state index in [1.165, 1.54) is 0 Å². The molecule has 0 saturated heterocycles. The maximum Gasteiger partial charge on any atom is 0.311 e. The van der Waals surface area contributed by atoms with Crippen molar-refractivity contribution in [3.05, 3.63) is 0 Å². The summed E-state index contributed by atoms with van der Waals surface area (Å²) >= 11 is 0. The number of quaternary nitrogens is 1. The van der Waals surface area contributed by atoms with Crippen LogP contribution in [0.25, 0.3) is 0 Å². The minimum absolute atomic E-state index is 0.0823. The molecule has 0 aromatic rings. The first-order valence-electron chi connectivity index (χ1n) is 8.70. The molecule has 0 amide bonds. The quantitative estimate of drug-likeness (QED) is 0.215. The van der Waals surface area contributed by atoms with Crippen LogP contribution in [0.5, 0.6) is 0 Å². The van der Waals surface area contributed by atoms with Crippen LogP contribution in [0.4, 0.5) is 0 Å². The Morgan fingerprint density at radius 2 is 1.50 bits per heavy atom. The number of nitrogens with zero attached hydrogens (tertiary/aromatic N) is 1. The van der Waals surface area contributed by atoms with E-state index in [9.17, 15) is 14.3 Å². The summed E-state index contributed by atoms with van der Waals surface area (Å²) in [5.74, 6) is -0.369.